The first kappa shape index (κ1) is 15.6. The van der Waals surface area contributed by atoms with Crippen molar-refractivity contribution >= 4 is 34.8 Å². The maximum absolute atomic E-state index is 13.1. The molecule has 3 rings (SSSR count). The summed E-state index contributed by atoms with van der Waals surface area (Å²) in [5.74, 6) is -0.320. The molecule has 0 aliphatic rings. The van der Waals surface area contributed by atoms with Crippen LogP contribution in [0.4, 0.5) is 10.1 Å². The summed E-state index contributed by atoms with van der Waals surface area (Å²) in [5.41, 5.74) is 1.18. The summed E-state index contributed by atoms with van der Waals surface area (Å²) < 4.78 is 18.6. The van der Waals surface area contributed by atoms with Crippen LogP contribution in [0.25, 0.3) is 11.3 Å². The van der Waals surface area contributed by atoms with E-state index in [4.69, 9.17) is 27.6 Å². The molecule has 3 nitrogen and oxygen atoms in total. The van der Waals surface area contributed by atoms with E-state index in [1.54, 1.807) is 36.4 Å². The molecule has 1 aromatic heterocycles. The summed E-state index contributed by atoms with van der Waals surface area (Å²) >= 11 is 11.5. The molecule has 1 amide bonds. The number of hydrogen-bond donors (Lipinski definition) is 1. The van der Waals surface area contributed by atoms with Crippen LogP contribution in [0.2, 0.25) is 10.0 Å². The summed E-state index contributed by atoms with van der Waals surface area (Å²) in [4.78, 5) is 12.1. The number of nitrogens with one attached hydrogen (secondary N) is 1. The third-order valence-corrected chi connectivity index (χ3v) is 3.68. The van der Waals surface area contributed by atoms with Crippen molar-refractivity contribution in [2.24, 2.45) is 0 Å². The van der Waals surface area contributed by atoms with Crippen LogP contribution in [0.5, 0.6) is 0 Å². The fourth-order valence-electron chi connectivity index (χ4n) is 2.00. The highest BCUT2D eigenvalue weighted by molar-refractivity contribution is 6.31. The summed E-state index contributed by atoms with van der Waals surface area (Å²) in [6, 6.07) is 14.2. The zero-order valence-corrected chi connectivity index (χ0v) is 13.2. The molecule has 1 heterocycles. The van der Waals surface area contributed by atoms with Gasteiger partial charge < -0.3 is 9.73 Å². The molecule has 6 heteroatoms. The van der Waals surface area contributed by atoms with E-state index in [-0.39, 0.29) is 10.8 Å². The molecule has 116 valence electrons. The van der Waals surface area contributed by atoms with Gasteiger partial charge >= 0.3 is 0 Å². The molecule has 0 aliphatic carbocycles. The standard InChI is InChI=1S/C17H10Cl2FNO2/c18-11-3-1-10(2-4-11)15-7-8-16(23-15)17(22)21-12-5-6-14(20)13(19)9-12/h1-9H,(H,21,22). The van der Waals surface area contributed by atoms with E-state index in [0.717, 1.165) is 5.56 Å². The van der Waals surface area contributed by atoms with Crippen LogP contribution >= 0.6 is 23.2 Å². The van der Waals surface area contributed by atoms with Crippen LogP contribution in [-0.4, -0.2) is 5.91 Å². The normalized spacial score (nSPS) is 10.6. The van der Waals surface area contributed by atoms with E-state index < -0.39 is 11.7 Å². The molecule has 0 fully saturated rings. The lowest BCUT2D eigenvalue weighted by Crippen LogP contribution is -2.10. The Hall–Kier alpha value is -2.30. The van der Waals surface area contributed by atoms with Gasteiger partial charge in [-0.3, -0.25) is 4.79 Å². The van der Waals surface area contributed by atoms with Gasteiger partial charge in [-0.05, 0) is 54.6 Å². The highest BCUT2D eigenvalue weighted by Crippen LogP contribution is 2.25. The number of rotatable bonds is 3. The third kappa shape index (κ3) is 3.55. The van der Waals surface area contributed by atoms with Gasteiger partial charge in [0.05, 0.1) is 5.02 Å². The van der Waals surface area contributed by atoms with Crippen LogP contribution in [0.1, 0.15) is 10.6 Å². The van der Waals surface area contributed by atoms with E-state index in [1.165, 1.54) is 18.2 Å². The van der Waals surface area contributed by atoms with Crippen LogP contribution in [0.15, 0.2) is 59.0 Å². The van der Waals surface area contributed by atoms with Crippen molar-refractivity contribution in [2.45, 2.75) is 0 Å². The quantitative estimate of drug-likeness (QED) is 0.664. The molecule has 1 N–H and O–H groups in total. The molecule has 0 atom stereocenters. The Balaban J connectivity index is 1.78. The van der Waals surface area contributed by atoms with Gasteiger partial charge in [0.1, 0.15) is 11.6 Å². The van der Waals surface area contributed by atoms with Gasteiger partial charge in [-0.1, -0.05) is 23.2 Å². The fourth-order valence-corrected chi connectivity index (χ4v) is 2.30. The Labute approximate surface area is 141 Å². The van der Waals surface area contributed by atoms with Gasteiger partial charge in [-0.2, -0.15) is 0 Å². The lowest BCUT2D eigenvalue weighted by atomic mass is 10.2. The number of anilines is 1. The lowest BCUT2D eigenvalue weighted by molar-refractivity contribution is 0.0997. The van der Waals surface area contributed by atoms with Gasteiger partial charge in [0, 0.05) is 16.3 Å². The smallest absolute Gasteiger partial charge is 0.291 e. The lowest BCUT2D eigenvalue weighted by Gasteiger charge is -2.04. The predicted molar refractivity (Wildman–Crippen MR) is 88.5 cm³/mol. The highest BCUT2D eigenvalue weighted by Gasteiger charge is 2.13. The highest BCUT2D eigenvalue weighted by atomic mass is 35.5. The average Bonchev–Trinajstić information content (AvgIpc) is 3.02. The fraction of sp³-hybridized carbons (Fsp3) is 0. The van der Waals surface area contributed by atoms with E-state index in [1.807, 2.05) is 0 Å². The number of halogens is 3. The van der Waals surface area contributed by atoms with E-state index in [9.17, 15) is 9.18 Å². The summed E-state index contributed by atoms with van der Waals surface area (Å²) in [7, 11) is 0. The summed E-state index contributed by atoms with van der Waals surface area (Å²) in [6.07, 6.45) is 0. The molecular formula is C17H10Cl2FNO2. The van der Waals surface area contributed by atoms with Gasteiger partial charge in [0.15, 0.2) is 5.76 Å². The number of carbonyl (C=O) groups is 1. The van der Waals surface area contributed by atoms with Crippen molar-refractivity contribution < 1.29 is 13.6 Å². The van der Waals surface area contributed by atoms with Gasteiger partial charge in [0.2, 0.25) is 0 Å². The van der Waals surface area contributed by atoms with Gasteiger partial charge in [0.25, 0.3) is 5.91 Å². The molecule has 23 heavy (non-hydrogen) atoms. The van der Waals surface area contributed by atoms with Gasteiger partial charge in [-0.25, -0.2) is 4.39 Å². The number of furan rings is 1. The molecular weight excluding hydrogens is 340 g/mol. The second-order valence-corrected chi connectivity index (χ2v) is 5.60. The number of hydrogen-bond acceptors (Lipinski definition) is 2. The molecule has 0 saturated heterocycles. The van der Waals surface area contributed by atoms with E-state index in [0.29, 0.717) is 16.5 Å². The minimum absolute atomic E-state index is 0.0656. The Kier molecular flexibility index (Phi) is 4.37. The van der Waals surface area contributed by atoms with E-state index >= 15 is 0 Å². The first-order chi connectivity index (χ1) is 11.0. The topological polar surface area (TPSA) is 42.2 Å². The van der Waals surface area contributed by atoms with Crippen LogP contribution in [0, 0.1) is 5.82 Å². The van der Waals surface area contributed by atoms with Crippen LogP contribution < -0.4 is 5.32 Å². The average molecular weight is 350 g/mol. The zero-order valence-electron chi connectivity index (χ0n) is 11.6. The Morgan fingerprint density at radius 2 is 1.74 bits per heavy atom. The maximum Gasteiger partial charge on any atom is 0.291 e. The predicted octanol–water partition coefficient (Wildman–Crippen LogP) is 5.64. The third-order valence-electron chi connectivity index (χ3n) is 3.14. The van der Waals surface area contributed by atoms with Crippen molar-refractivity contribution in [2.75, 3.05) is 5.32 Å². The van der Waals surface area contributed by atoms with Gasteiger partial charge in [-0.15, -0.1) is 0 Å². The van der Waals surface area contributed by atoms with Crippen molar-refractivity contribution in [1.82, 2.24) is 0 Å². The first-order valence-electron chi connectivity index (χ1n) is 6.65. The molecule has 0 radical (unpaired) electrons. The molecule has 0 saturated carbocycles. The molecule has 3 aromatic rings. The molecule has 0 spiro atoms. The van der Waals surface area contributed by atoms with Crippen molar-refractivity contribution in [1.29, 1.82) is 0 Å². The molecule has 2 aromatic carbocycles. The Morgan fingerprint density at radius 1 is 1.00 bits per heavy atom. The van der Waals surface area contributed by atoms with Crippen LogP contribution in [-0.2, 0) is 0 Å². The Bertz CT molecular complexity index is 859. The Morgan fingerprint density at radius 3 is 2.43 bits per heavy atom. The number of benzene rings is 2. The molecule has 0 aliphatic heterocycles. The SMILES string of the molecule is O=C(Nc1ccc(F)c(Cl)c1)c1ccc(-c2ccc(Cl)cc2)o1. The molecule has 0 bridgehead atoms. The molecule has 0 unspecified atom stereocenters. The summed E-state index contributed by atoms with van der Waals surface area (Å²) in [6.45, 7) is 0. The number of amides is 1. The first-order valence-corrected chi connectivity index (χ1v) is 7.41. The minimum atomic E-state index is -0.548. The second-order valence-electron chi connectivity index (χ2n) is 4.75. The summed E-state index contributed by atoms with van der Waals surface area (Å²) in [5, 5.41) is 3.15. The minimum Gasteiger partial charge on any atom is -0.451 e. The zero-order chi connectivity index (χ0) is 16.4. The second kappa shape index (κ2) is 6.44. The van der Waals surface area contributed by atoms with Crippen molar-refractivity contribution in [3.8, 4) is 11.3 Å². The maximum atomic E-state index is 13.1. The monoisotopic (exact) mass is 349 g/mol. The largest absolute Gasteiger partial charge is 0.451 e. The number of carbonyl (C=O) groups excluding carboxylic acids is 1. The van der Waals surface area contributed by atoms with Crippen molar-refractivity contribution in [3.63, 3.8) is 0 Å². The van der Waals surface area contributed by atoms with Crippen LogP contribution in [0.3, 0.4) is 0 Å². The van der Waals surface area contributed by atoms with E-state index in [2.05, 4.69) is 5.32 Å². The van der Waals surface area contributed by atoms with Crippen molar-refractivity contribution in [3.05, 3.63) is 76.2 Å².